The number of benzene rings is 2. The maximum Gasteiger partial charge on any atom is 0.573 e. The second-order valence-corrected chi connectivity index (χ2v) is 9.06. The standard InChI is InChI=1S/C27H31F3O/c1-2-3-4-19-5-7-20(8-6-19)21-9-11-22(12-10-21)23-13-14-25-18-26(31-27(28,29)30)16-15-24(25)17-23/h9-12,15-20H,2-8,13-14H2,1H3. The lowest BCUT2D eigenvalue weighted by Gasteiger charge is -2.29. The number of hydrogen-bond donors (Lipinski definition) is 0. The molecule has 166 valence electrons. The fourth-order valence-electron chi connectivity index (χ4n) is 5.14. The molecular formula is C27H31F3O. The highest BCUT2D eigenvalue weighted by Gasteiger charge is 2.31. The zero-order valence-corrected chi connectivity index (χ0v) is 18.2. The van der Waals surface area contributed by atoms with E-state index in [9.17, 15) is 13.2 Å². The van der Waals surface area contributed by atoms with Crippen molar-refractivity contribution in [3.63, 3.8) is 0 Å². The van der Waals surface area contributed by atoms with E-state index in [1.54, 1.807) is 6.07 Å². The highest BCUT2D eigenvalue weighted by Crippen LogP contribution is 2.39. The lowest BCUT2D eigenvalue weighted by Crippen LogP contribution is -2.17. The van der Waals surface area contributed by atoms with Gasteiger partial charge in [-0.1, -0.05) is 62.6 Å². The lowest BCUT2D eigenvalue weighted by atomic mass is 9.77. The van der Waals surface area contributed by atoms with Crippen molar-refractivity contribution in [1.29, 1.82) is 0 Å². The molecular weight excluding hydrogens is 397 g/mol. The minimum atomic E-state index is -4.65. The van der Waals surface area contributed by atoms with E-state index in [1.165, 1.54) is 73.8 Å². The van der Waals surface area contributed by atoms with Gasteiger partial charge in [-0.15, -0.1) is 13.2 Å². The molecule has 1 nitrogen and oxygen atoms in total. The van der Waals surface area contributed by atoms with Gasteiger partial charge in [-0.3, -0.25) is 0 Å². The van der Waals surface area contributed by atoms with Gasteiger partial charge in [0.15, 0.2) is 0 Å². The van der Waals surface area contributed by atoms with E-state index in [4.69, 9.17) is 0 Å². The first-order valence-electron chi connectivity index (χ1n) is 11.6. The number of halogens is 3. The summed E-state index contributed by atoms with van der Waals surface area (Å²) in [5.41, 5.74) is 5.78. The minimum Gasteiger partial charge on any atom is -0.406 e. The van der Waals surface area contributed by atoms with Crippen LogP contribution in [-0.2, 0) is 6.42 Å². The van der Waals surface area contributed by atoms with Gasteiger partial charge < -0.3 is 4.74 Å². The molecule has 1 saturated carbocycles. The molecule has 0 atom stereocenters. The van der Waals surface area contributed by atoms with E-state index in [1.807, 2.05) is 0 Å². The van der Waals surface area contributed by atoms with Crippen molar-refractivity contribution in [2.45, 2.75) is 77.0 Å². The Hall–Kier alpha value is -2.23. The van der Waals surface area contributed by atoms with Crippen molar-refractivity contribution < 1.29 is 17.9 Å². The van der Waals surface area contributed by atoms with Gasteiger partial charge in [-0.25, -0.2) is 0 Å². The van der Waals surface area contributed by atoms with Crippen LogP contribution in [0.4, 0.5) is 13.2 Å². The number of aryl methyl sites for hydroxylation is 1. The maximum atomic E-state index is 12.5. The molecule has 0 radical (unpaired) electrons. The molecule has 0 spiro atoms. The molecule has 31 heavy (non-hydrogen) atoms. The van der Waals surface area contributed by atoms with Gasteiger partial charge in [0.1, 0.15) is 5.75 Å². The molecule has 0 heterocycles. The molecule has 0 amide bonds. The predicted octanol–water partition coefficient (Wildman–Crippen LogP) is 8.54. The van der Waals surface area contributed by atoms with E-state index in [0.29, 0.717) is 5.92 Å². The van der Waals surface area contributed by atoms with Gasteiger partial charge >= 0.3 is 6.36 Å². The molecule has 0 aromatic heterocycles. The fraction of sp³-hybridized carbons (Fsp3) is 0.481. The smallest absolute Gasteiger partial charge is 0.406 e. The molecule has 0 unspecified atom stereocenters. The van der Waals surface area contributed by atoms with Crippen LogP contribution in [0.3, 0.4) is 0 Å². The summed E-state index contributed by atoms with van der Waals surface area (Å²) in [5.74, 6) is 1.46. The SMILES string of the molecule is CCCCC1CCC(c2ccc(C3=Cc4ccc(OC(F)(F)F)cc4CC3)cc2)CC1. The van der Waals surface area contributed by atoms with Crippen LogP contribution in [0.5, 0.6) is 5.75 Å². The van der Waals surface area contributed by atoms with Crippen LogP contribution >= 0.6 is 0 Å². The Morgan fingerprint density at radius 2 is 1.68 bits per heavy atom. The Labute approximate surface area is 183 Å². The first kappa shape index (κ1) is 22.0. The van der Waals surface area contributed by atoms with Crippen molar-refractivity contribution in [2.24, 2.45) is 5.92 Å². The zero-order chi connectivity index (χ0) is 21.8. The molecule has 2 aliphatic rings. The van der Waals surface area contributed by atoms with Crippen LogP contribution in [0.1, 0.15) is 86.5 Å². The van der Waals surface area contributed by atoms with Gasteiger partial charge in [-0.05, 0) is 90.3 Å². The van der Waals surface area contributed by atoms with Crippen LogP contribution in [-0.4, -0.2) is 6.36 Å². The van der Waals surface area contributed by atoms with E-state index >= 15 is 0 Å². The van der Waals surface area contributed by atoms with Crippen molar-refractivity contribution in [3.05, 3.63) is 64.7 Å². The summed E-state index contributed by atoms with van der Waals surface area (Å²) in [6, 6.07) is 13.6. The zero-order valence-electron chi connectivity index (χ0n) is 18.2. The van der Waals surface area contributed by atoms with Crippen LogP contribution in [0.25, 0.3) is 11.6 Å². The number of allylic oxidation sites excluding steroid dienone is 1. The number of fused-ring (bicyclic) bond motifs is 1. The summed E-state index contributed by atoms with van der Waals surface area (Å²) in [6.45, 7) is 2.27. The topological polar surface area (TPSA) is 9.23 Å². The molecule has 2 aromatic carbocycles. The second kappa shape index (κ2) is 9.50. The van der Waals surface area contributed by atoms with Crippen LogP contribution < -0.4 is 4.74 Å². The molecule has 4 heteroatoms. The van der Waals surface area contributed by atoms with Crippen molar-refractivity contribution in [1.82, 2.24) is 0 Å². The van der Waals surface area contributed by atoms with Crippen molar-refractivity contribution >= 4 is 11.6 Å². The van der Waals surface area contributed by atoms with Gasteiger partial charge in [0, 0.05) is 0 Å². The van der Waals surface area contributed by atoms with E-state index in [-0.39, 0.29) is 5.75 Å². The average molecular weight is 429 g/mol. The van der Waals surface area contributed by atoms with Crippen LogP contribution in [0, 0.1) is 5.92 Å². The Balaban J connectivity index is 1.41. The lowest BCUT2D eigenvalue weighted by molar-refractivity contribution is -0.274. The normalized spacial score (nSPS) is 21.4. The molecule has 0 bridgehead atoms. The summed E-state index contributed by atoms with van der Waals surface area (Å²) >= 11 is 0. The third-order valence-electron chi connectivity index (χ3n) is 6.91. The quantitative estimate of drug-likeness (QED) is 0.448. The number of unbranched alkanes of at least 4 members (excludes halogenated alkanes) is 1. The van der Waals surface area contributed by atoms with Crippen molar-refractivity contribution in [3.8, 4) is 5.75 Å². The maximum absolute atomic E-state index is 12.5. The fourth-order valence-corrected chi connectivity index (χ4v) is 5.14. The number of rotatable bonds is 6. The van der Waals surface area contributed by atoms with Crippen LogP contribution in [0.15, 0.2) is 42.5 Å². The Morgan fingerprint density at radius 3 is 2.35 bits per heavy atom. The molecule has 0 N–H and O–H groups in total. The predicted molar refractivity (Wildman–Crippen MR) is 120 cm³/mol. The third-order valence-corrected chi connectivity index (χ3v) is 6.91. The second-order valence-electron chi connectivity index (χ2n) is 9.06. The Kier molecular flexibility index (Phi) is 6.74. The molecule has 0 aliphatic heterocycles. The number of ether oxygens (including phenoxy) is 1. The Morgan fingerprint density at radius 1 is 0.935 bits per heavy atom. The van der Waals surface area contributed by atoms with Gasteiger partial charge in [0.2, 0.25) is 0 Å². The molecule has 0 saturated heterocycles. The van der Waals surface area contributed by atoms with Crippen LogP contribution in [0.2, 0.25) is 0 Å². The minimum absolute atomic E-state index is 0.142. The summed E-state index contributed by atoms with van der Waals surface area (Å²) in [4.78, 5) is 0. The number of hydrogen-bond acceptors (Lipinski definition) is 1. The van der Waals surface area contributed by atoms with Gasteiger partial charge in [-0.2, -0.15) is 0 Å². The van der Waals surface area contributed by atoms with Gasteiger partial charge in [0.25, 0.3) is 0 Å². The summed E-state index contributed by atoms with van der Waals surface area (Å²) in [6.07, 6.45) is 8.35. The summed E-state index contributed by atoms with van der Waals surface area (Å²) < 4.78 is 41.4. The summed E-state index contributed by atoms with van der Waals surface area (Å²) in [5, 5.41) is 0. The average Bonchev–Trinajstić information content (AvgIpc) is 2.77. The first-order chi connectivity index (χ1) is 14.9. The highest BCUT2D eigenvalue weighted by atomic mass is 19.4. The first-order valence-corrected chi connectivity index (χ1v) is 11.6. The molecule has 1 fully saturated rings. The van der Waals surface area contributed by atoms with E-state index in [2.05, 4.69) is 42.0 Å². The molecule has 2 aromatic rings. The van der Waals surface area contributed by atoms with E-state index in [0.717, 1.165) is 29.9 Å². The van der Waals surface area contributed by atoms with Gasteiger partial charge in [0.05, 0.1) is 0 Å². The van der Waals surface area contributed by atoms with E-state index < -0.39 is 6.36 Å². The number of alkyl halides is 3. The third kappa shape index (κ3) is 5.72. The monoisotopic (exact) mass is 428 g/mol. The Bertz CT molecular complexity index is 903. The van der Waals surface area contributed by atoms with Crippen molar-refractivity contribution in [2.75, 3.05) is 0 Å². The summed E-state index contributed by atoms with van der Waals surface area (Å²) in [7, 11) is 0. The molecule has 4 rings (SSSR count). The molecule has 2 aliphatic carbocycles. The largest absolute Gasteiger partial charge is 0.573 e. The highest BCUT2D eigenvalue weighted by molar-refractivity contribution is 5.84.